The van der Waals surface area contributed by atoms with Crippen LogP contribution >= 0.6 is 21.6 Å². The van der Waals surface area contributed by atoms with Crippen molar-refractivity contribution in [3.05, 3.63) is 138 Å². The molecule has 23 nitrogen and oxygen atoms in total. The number of H-pyrrole nitrogens is 2. The van der Waals surface area contributed by atoms with Crippen LogP contribution in [0.1, 0.15) is 62.4 Å². The Hall–Kier alpha value is -8.39. The molecule has 84 heavy (non-hydrogen) atoms. The zero-order valence-corrected chi connectivity index (χ0v) is 48.5. The second-order valence-electron chi connectivity index (χ2n) is 20.7. The quantitative estimate of drug-likeness (QED) is 0.0433. The van der Waals surface area contributed by atoms with Crippen molar-refractivity contribution >= 4 is 96.6 Å². The molecule has 0 spiro atoms. The molecule has 25 heteroatoms. The number of phenols is 1. The summed E-state index contributed by atoms with van der Waals surface area (Å²) in [6, 6.07) is 21.4. The van der Waals surface area contributed by atoms with Crippen molar-refractivity contribution in [2.75, 3.05) is 18.1 Å². The molecule has 1 fully saturated rings. The summed E-state index contributed by atoms with van der Waals surface area (Å²) >= 11 is 0. The molecule has 0 radical (unpaired) electrons. The van der Waals surface area contributed by atoms with Gasteiger partial charge in [0.25, 0.3) is 5.97 Å². The molecule has 8 amide bonds. The second kappa shape index (κ2) is 31.9. The lowest BCUT2D eigenvalue weighted by atomic mass is 10.00. The standard InChI is InChI=1S/C57H70N12O9S2.C2H4O2/c1-32(2)49-57(78)68-48(55(76)64-44(50(60)71)28-37-26-35-14-6-8-16-41(35)62-37)31-80-79-30-47(67-51(72)40(59)24-33-12-4-3-5-13-33)56(77)65-45(25-34-19-21-38(70)22-20-34)53(74)66-46(27-36-29-61-42-17-9-7-15-39(36)42)54(75)63-43(52(73)69-49)18-10-11-23-58;1-2(3)4/h3-9,12-17,19-22,26,29,32,40,43-49,61-62,70H,10-11,18,23-25,27-28,30-31,58-59H2,1-2H3,(H2,60,71)(H,63,75)(H,64,76)(H,65,77)(H,66,74)(H,67,72)(H,68,78)(H,69,73);1H3,(H,3,4). The van der Waals surface area contributed by atoms with E-state index in [0.29, 0.717) is 29.7 Å². The Morgan fingerprint density at radius 3 is 1.96 bits per heavy atom. The average molecular weight is 1190 g/mol. The molecule has 0 saturated carbocycles. The van der Waals surface area contributed by atoms with Gasteiger partial charge in [0.1, 0.15) is 48.0 Å². The average Bonchev–Trinajstić information content (AvgIpc) is 4.12. The van der Waals surface area contributed by atoms with Gasteiger partial charge in [-0.2, -0.15) is 0 Å². The number of hydrogen-bond donors (Lipinski definition) is 14. The van der Waals surface area contributed by atoms with E-state index in [9.17, 15) is 43.5 Å². The van der Waals surface area contributed by atoms with Crippen molar-refractivity contribution in [1.82, 2.24) is 47.2 Å². The summed E-state index contributed by atoms with van der Waals surface area (Å²) in [7, 11) is 2.13. The number of carboxylic acids is 1. The second-order valence-corrected chi connectivity index (χ2v) is 23.2. The highest BCUT2D eigenvalue weighted by molar-refractivity contribution is 8.76. The Morgan fingerprint density at radius 2 is 1.30 bits per heavy atom. The van der Waals surface area contributed by atoms with Crippen LogP contribution in [0.15, 0.2) is 115 Å². The minimum atomic E-state index is -1.40. The number of primary amides is 1. The van der Waals surface area contributed by atoms with E-state index in [1.165, 1.54) is 12.1 Å². The normalized spacial score (nSPS) is 20.1. The third-order valence-electron chi connectivity index (χ3n) is 13.7. The van der Waals surface area contributed by atoms with E-state index in [1.54, 1.807) is 44.3 Å². The zero-order valence-electron chi connectivity index (χ0n) is 46.9. The number of carboxylic acid groups (broad SMARTS) is 1. The van der Waals surface area contributed by atoms with Crippen molar-refractivity contribution < 1.29 is 53.4 Å². The fourth-order valence-corrected chi connectivity index (χ4v) is 11.6. The number of rotatable bonds is 18. The maximum absolute atomic E-state index is 14.9. The van der Waals surface area contributed by atoms with Crippen molar-refractivity contribution in [3.8, 4) is 5.75 Å². The largest absolute Gasteiger partial charge is 0.508 e. The molecule has 6 aromatic rings. The first-order chi connectivity index (χ1) is 40.2. The Bertz CT molecular complexity index is 3190. The van der Waals surface area contributed by atoms with Gasteiger partial charge in [0, 0.05) is 66.0 Å². The number of nitrogens with two attached hydrogens (primary N) is 3. The summed E-state index contributed by atoms with van der Waals surface area (Å²) in [5.74, 6) is -7.91. The number of carbonyl (C=O) groups is 9. The monoisotopic (exact) mass is 1190 g/mol. The molecule has 8 unspecified atom stereocenters. The Labute approximate surface area is 493 Å². The third kappa shape index (κ3) is 19.6. The van der Waals surface area contributed by atoms with Gasteiger partial charge in [0.2, 0.25) is 47.3 Å². The predicted molar refractivity (Wildman–Crippen MR) is 323 cm³/mol. The number of fused-ring (bicyclic) bond motifs is 2. The van der Waals surface area contributed by atoms with Crippen LogP contribution < -0.4 is 54.4 Å². The van der Waals surface area contributed by atoms with Crippen LogP contribution in [-0.4, -0.2) is 140 Å². The van der Waals surface area contributed by atoms with Gasteiger partial charge in [0.05, 0.1) is 6.04 Å². The Morgan fingerprint density at radius 1 is 0.690 bits per heavy atom. The minimum Gasteiger partial charge on any atom is -0.508 e. The first-order valence-electron chi connectivity index (χ1n) is 27.4. The molecule has 0 aliphatic carbocycles. The summed E-state index contributed by atoms with van der Waals surface area (Å²) in [5, 5.41) is 38.8. The molecule has 3 heterocycles. The molecule has 448 valence electrons. The number of nitrogens with one attached hydrogen (secondary N) is 9. The molecule has 1 aliphatic heterocycles. The molecule has 0 bridgehead atoms. The first-order valence-corrected chi connectivity index (χ1v) is 29.9. The van der Waals surface area contributed by atoms with Gasteiger partial charge in [-0.15, -0.1) is 0 Å². The maximum atomic E-state index is 14.9. The molecule has 4 aromatic carbocycles. The van der Waals surface area contributed by atoms with Gasteiger partial charge >= 0.3 is 0 Å². The van der Waals surface area contributed by atoms with Crippen LogP contribution in [0.5, 0.6) is 5.75 Å². The van der Waals surface area contributed by atoms with Crippen molar-refractivity contribution in [2.24, 2.45) is 23.1 Å². The molecule has 17 N–H and O–H groups in total. The lowest BCUT2D eigenvalue weighted by Gasteiger charge is -2.29. The van der Waals surface area contributed by atoms with E-state index in [0.717, 1.165) is 55.9 Å². The third-order valence-corrected chi connectivity index (χ3v) is 16.1. The molecule has 2 aromatic heterocycles. The van der Waals surface area contributed by atoms with E-state index in [1.807, 2.05) is 72.8 Å². The van der Waals surface area contributed by atoms with E-state index in [2.05, 4.69) is 47.2 Å². The topological polar surface area (TPSA) is 388 Å². The van der Waals surface area contributed by atoms with Gasteiger partial charge in [-0.1, -0.05) is 114 Å². The summed E-state index contributed by atoms with van der Waals surface area (Å²) in [5.41, 5.74) is 22.3. The number of aromatic amines is 2. The van der Waals surface area contributed by atoms with Crippen LogP contribution in [0.2, 0.25) is 0 Å². The Balaban J connectivity index is 0.00000274. The van der Waals surface area contributed by atoms with Gasteiger partial charge in [-0.25, -0.2) is 0 Å². The fraction of sp³-hybridized carbons (Fsp3) is 0.373. The summed E-state index contributed by atoms with van der Waals surface area (Å²) < 4.78 is 0. The lowest BCUT2D eigenvalue weighted by Crippen LogP contribution is -2.61. The molecular weight excluding hydrogens is 1120 g/mol. The fourth-order valence-electron chi connectivity index (χ4n) is 9.23. The number of aliphatic carboxylic acids is 1. The molecule has 7 rings (SSSR count). The number of hydrogen-bond acceptors (Lipinski definition) is 14. The summed E-state index contributed by atoms with van der Waals surface area (Å²) in [4.78, 5) is 130. The lowest BCUT2D eigenvalue weighted by molar-refractivity contribution is -0.136. The van der Waals surface area contributed by atoms with E-state index in [4.69, 9.17) is 27.1 Å². The SMILES string of the molecule is CC(=O)O.CC(C)C1NC(=O)C(CCCCN)NC(=O)C(Cc2c[nH]c3ccccc23)NC(=O)C(Cc2ccc(O)cc2)NC(=O)C(NC(=O)C(N)Cc2ccccc2)CSSCC(C(=O)NC(Cc2cc3ccccc3[nH]2)C(N)=O)NC1=O. The molecule has 8 atom stereocenters. The van der Waals surface area contributed by atoms with E-state index < -0.39 is 107 Å². The van der Waals surface area contributed by atoms with Gasteiger partial charge < -0.3 is 74.6 Å². The number of carbonyl (C=O) groups excluding carboxylic acids is 8. The number of unbranched alkanes of at least 4 members (excludes halogenated alkanes) is 1. The van der Waals surface area contributed by atoms with Crippen LogP contribution in [0.25, 0.3) is 21.8 Å². The minimum absolute atomic E-state index is 0.0163. The van der Waals surface area contributed by atoms with Crippen LogP contribution in [0.3, 0.4) is 0 Å². The smallest absolute Gasteiger partial charge is 0.300 e. The van der Waals surface area contributed by atoms with Crippen LogP contribution in [0, 0.1) is 5.92 Å². The van der Waals surface area contributed by atoms with Crippen molar-refractivity contribution in [3.63, 3.8) is 0 Å². The van der Waals surface area contributed by atoms with Crippen LogP contribution in [0.4, 0.5) is 0 Å². The highest BCUT2D eigenvalue weighted by Crippen LogP contribution is 2.25. The number of amides is 8. The van der Waals surface area contributed by atoms with Crippen LogP contribution in [-0.2, 0) is 68.8 Å². The number of aromatic hydroxyl groups is 1. The highest BCUT2D eigenvalue weighted by Gasteiger charge is 2.36. The Kier molecular flexibility index (Phi) is 24.6. The number of phenolic OH excluding ortho intramolecular Hbond substituents is 1. The molecule has 1 saturated heterocycles. The van der Waals surface area contributed by atoms with Crippen molar-refractivity contribution in [2.45, 2.75) is 114 Å². The number of aromatic nitrogens is 2. The molecular formula is C59H74N12O11S2. The van der Waals surface area contributed by atoms with Gasteiger partial charge in [-0.05, 0) is 90.6 Å². The van der Waals surface area contributed by atoms with E-state index >= 15 is 0 Å². The molecule has 1 aliphatic rings. The number of para-hydroxylation sites is 2. The summed E-state index contributed by atoms with van der Waals surface area (Å²) in [6.45, 7) is 4.76. The summed E-state index contributed by atoms with van der Waals surface area (Å²) in [6.07, 6.45) is 2.56. The maximum Gasteiger partial charge on any atom is 0.300 e. The predicted octanol–water partition coefficient (Wildman–Crippen LogP) is 2.10. The highest BCUT2D eigenvalue weighted by atomic mass is 33.1. The van der Waals surface area contributed by atoms with Crippen molar-refractivity contribution in [1.29, 1.82) is 0 Å². The number of benzene rings is 4. The van der Waals surface area contributed by atoms with Gasteiger partial charge in [-0.3, -0.25) is 43.2 Å². The first kappa shape index (κ1) is 64.8. The van der Waals surface area contributed by atoms with E-state index in [-0.39, 0.29) is 55.9 Å². The zero-order chi connectivity index (χ0) is 60.9. The van der Waals surface area contributed by atoms with Gasteiger partial charge in [0.15, 0.2) is 0 Å².